The summed E-state index contributed by atoms with van der Waals surface area (Å²) < 4.78 is 6.69. The molecule has 2 aliphatic rings. The maximum Gasteiger partial charge on any atom is 0.280 e. The minimum Gasteiger partial charge on any atom is -0.394 e. The first kappa shape index (κ1) is 24.7. The second-order valence-electron chi connectivity index (χ2n) is 9.17. The lowest BCUT2D eigenvalue weighted by Crippen LogP contribution is -2.50. The van der Waals surface area contributed by atoms with Crippen molar-refractivity contribution in [3.8, 4) is 0 Å². The number of benzene rings is 1. The lowest BCUT2D eigenvalue weighted by atomic mass is 10.0. The average molecular weight is 512 g/mol. The van der Waals surface area contributed by atoms with Gasteiger partial charge in [0.05, 0.1) is 24.1 Å². The Kier molecular flexibility index (Phi) is 6.11. The Hall–Kier alpha value is -3.98. The van der Waals surface area contributed by atoms with E-state index in [4.69, 9.17) is 4.74 Å². The summed E-state index contributed by atoms with van der Waals surface area (Å²) in [5.74, 6) is -2.74. The van der Waals surface area contributed by atoms with Gasteiger partial charge in [0.2, 0.25) is 11.9 Å². The van der Waals surface area contributed by atoms with E-state index in [-0.39, 0.29) is 28.2 Å². The van der Waals surface area contributed by atoms with Gasteiger partial charge in [-0.25, -0.2) is 4.98 Å². The highest BCUT2D eigenvalue weighted by molar-refractivity contribution is 6.23. The van der Waals surface area contributed by atoms with E-state index in [1.165, 1.54) is 23.0 Å². The zero-order valence-corrected chi connectivity index (χ0v) is 19.7. The summed E-state index contributed by atoms with van der Waals surface area (Å²) in [5, 5.41) is 32.3. The van der Waals surface area contributed by atoms with E-state index in [1.54, 1.807) is 26.0 Å². The molecule has 5 rings (SSSR count). The molecule has 1 aromatic carbocycles. The maximum atomic E-state index is 13.3. The number of aromatic nitrogens is 4. The Labute approximate surface area is 208 Å². The predicted octanol–water partition coefficient (Wildman–Crippen LogP) is -1.01. The van der Waals surface area contributed by atoms with Gasteiger partial charge < -0.3 is 20.1 Å². The number of hydrogen-bond donors (Lipinski definition) is 5. The molecule has 3 aromatic rings. The number of fused-ring (bicyclic) bond motifs is 2. The summed E-state index contributed by atoms with van der Waals surface area (Å²) in [6, 6.07) is 5.06. The van der Waals surface area contributed by atoms with Crippen LogP contribution in [0.4, 0.5) is 5.95 Å². The first-order valence-electron chi connectivity index (χ1n) is 11.5. The van der Waals surface area contributed by atoms with Gasteiger partial charge in [-0.05, 0) is 18.1 Å². The smallest absolute Gasteiger partial charge is 0.280 e. The molecule has 0 unspecified atom stereocenters. The summed E-state index contributed by atoms with van der Waals surface area (Å²) in [6.45, 7) is 2.79. The van der Waals surface area contributed by atoms with Gasteiger partial charge in [-0.1, -0.05) is 26.0 Å². The van der Waals surface area contributed by atoms with E-state index in [2.05, 4.69) is 20.3 Å². The topological polar surface area (TPSA) is 200 Å². The van der Waals surface area contributed by atoms with E-state index in [9.17, 15) is 34.5 Å². The molecular weight excluding hydrogens is 488 g/mol. The van der Waals surface area contributed by atoms with Crippen LogP contribution in [-0.4, -0.2) is 88.4 Å². The molecule has 14 heteroatoms. The number of aliphatic hydroxyl groups is 3. The number of anilines is 1. The van der Waals surface area contributed by atoms with Crippen molar-refractivity contribution in [2.24, 2.45) is 5.92 Å². The van der Waals surface area contributed by atoms with Crippen molar-refractivity contribution in [2.75, 3.05) is 11.9 Å². The van der Waals surface area contributed by atoms with Gasteiger partial charge in [0, 0.05) is 0 Å². The number of hydrogen-bond acceptors (Lipinski definition) is 10. The number of imidazole rings is 1. The molecule has 0 radical (unpaired) electrons. The van der Waals surface area contributed by atoms with Crippen LogP contribution in [0.1, 0.15) is 40.8 Å². The van der Waals surface area contributed by atoms with Crippen LogP contribution in [0.25, 0.3) is 11.2 Å². The minimum absolute atomic E-state index is 0.0734. The highest BCUT2D eigenvalue weighted by Crippen LogP contribution is 2.31. The van der Waals surface area contributed by atoms with Crippen LogP contribution < -0.4 is 10.9 Å². The van der Waals surface area contributed by atoms with E-state index in [0.29, 0.717) is 0 Å². The van der Waals surface area contributed by atoms with E-state index >= 15 is 0 Å². The normalized spacial score (nSPS) is 24.2. The third kappa shape index (κ3) is 3.90. The zero-order chi connectivity index (χ0) is 26.6. The lowest BCUT2D eigenvalue weighted by molar-refractivity contribution is -0.121. The van der Waals surface area contributed by atoms with Gasteiger partial charge >= 0.3 is 0 Å². The van der Waals surface area contributed by atoms with Gasteiger partial charge in [0.1, 0.15) is 24.4 Å². The molecule has 0 saturated carbocycles. The second kappa shape index (κ2) is 9.15. The lowest BCUT2D eigenvalue weighted by Gasteiger charge is -2.28. The van der Waals surface area contributed by atoms with E-state index < -0.39 is 66.4 Å². The van der Waals surface area contributed by atoms with Crippen LogP contribution in [0, 0.1) is 5.92 Å². The van der Waals surface area contributed by atoms with Crippen molar-refractivity contribution in [3.05, 3.63) is 52.1 Å². The molecule has 1 saturated heterocycles. The molecule has 14 nitrogen and oxygen atoms in total. The molecule has 5 atom stereocenters. The van der Waals surface area contributed by atoms with Gasteiger partial charge in [-0.3, -0.25) is 38.9 Å². The first-order chi connectivity index (χ1) is 17.6. The molecule has 0 spiro atoms. The minimum atomic E-state index is -1.45. The molecule has 3 amide bonds. The van der Waals surface area contributed by atoms with Crippen LogP contribution in [0.15, 0.2) is 35.4 Å². The van der Waals surface area contributed by atoms with Crippen LogP contribution in [0.2, 0.25) is 0 Å². The monoisotopic (exact) mass is 512 g/mol. The fraction of sp³-hybridized carbons (Fsp3) is 0.391. The van der Waals surface area contributed by atoms with Gasteiger partial charge in [-0.15, -0.1) is 0 Å². The molecule has 5 N–H and O–H groups in total. The summed E-state index contributed by atoms with van der Waals surface area (Å²) >= 11 is 0. The number of amides is 3. The van der Waals surface area contributed by atoms with E-state index in [1.807, 2.05) is 0 Å². The maximum absolute atomic E-state index is 13.3. The number of aliphatic hydroxyl groups excluding tert-OH is 3. The molecule has 194 valence electrons. The third-order valence-corrected chi connectivity index (χ3v) is 6.47. The number of aromatic amines is 1. The molecule has 2 aliphatic heterocycles. The number of H-pyrrole nitrogens is 1. The number of rotatable bonds is 6. The van der Waals surface area contributed by atoms with Gasteiger partial charge in [0.25, 0.3) is 17.4 Å². The van der Waals surface area contributed by atoms with Crippen LogP contribution in [0.3, 0.4) is 0 Å². The number of ether oxygens (including phenoxy) is 1. The first-order valence-corrected chi connectivity index (χ1v) is 11.5. The number of carbonyl (C=O) groups excluding carboxylic acids is 3. The number of nitrogens with zero attached hydrogens (tertiary/aromatic N) is 4. The average Bonchev–Trinajstić information content (AvgIpc) is 3.49. The number of carbonyl (C=O) groups is 3. The molecule has 4 heterocycles. The van der Waals surface area contributed by atoms with Crippen LogP contribution >= 0.6 is 0 Å². The summed E-state index contributed by atoms with van der Waals surface area (Å²) in [4.78, 5) is 63.4. The predicted molar refractivity (Wildman–Crippen MR) is 125 cm³/mol. The summed E-state index contributed by atoms with van der Waals surface area (Å²) in [6.07, 6.45) is -3.94. The highest BCUT2D eigenvalue weighted by Gasteiger charge is 2.45. The van der Waals surface area contributed by atoms with Crippen LogP contribution in [0.5, 0.6) is 0 Å². The quantitative estimate of drug-likeness (QED) is 0.255. The Balaban J connectivity index is 1.46. The SMILES string of the molecule is CC(C)[C@H](C(=O)Nc1nc2c(ncn2[C@@H]2O[C@H](CO)[C@@H](O)[C@H]2O)c(=O)[nH]1)N1C(=O)c2ccccc2C1=O. The molecule has 0 bridgehead atoms. The number of imide groups is 1. The number of nitrogens with one attached hydrogen (secondary N) is 2. The van der Waals surface area contributed by atoms with Gasteiger partial charge in [-0.2, -0.15) is 4.98 Å². The Morgan fingerprint density at radius 1 is 1.14 bits per heavy atom. The Bertz CT molecular complexity index is 1430. The fourth-order valence-corrected chi connectivity index (χ4v) is 4.65. The Morgan fingerprint density at radius 3 is 2.35 bits per heavy atom. The summed E-state index contributed by atoms with van der Waals surface area (Å²) in [7, 11) is 0. The Morgan fingerprint density at radius 2 is 1.78 bits per heavy atom. The van der Waals surface area contributed by atoms with E-state index in [0.717, 1.165) is 4.90 Å². The van der Waals surface area contributed by atoms with Crippen LogP contribution in [-0.2, 0) is 9.53 Å². The highest BCUT2D eigenvalue weighted by atomic mass is 16.6. The fourth-order valence-electron chi connectivity index (χ4n) is 4.65. The summed E-state index contributed by atoms with van der Waals surface area (Å²) in [5.41, 5.74) is -0.526. The molecular formula is C23H24N6O8. The standard InChI is InChI=1S/C23H24N6O8/c1-9(2)14(29-20(35)10-5-3-4-6-11(10)21(29)36)19(34)27-23-25-17-13(18(33)26-23)24-8-28(17)22-16(32)15(31)12(7-30)37-22/h3-6,8-9,12,14-16,22,30-32H,7H2,1-2H3,(H2,25,26,27,33,34)/t12-,14-,15-,16-,22-/m1/s1. The van der Waals surface area contributed by atoms with Crippen molar-refractivity contribution in [1.82, 2.24) is 24.4 Å². The van der Waals surface area contributed by atoms with Crippen molar-refractivity contribution in [3.63, 3.8) is 0 Å². The van der Waals surface area contributed by atoms with Crippen molar-refractivity contribution >= 4 is 34.8 Å². The van der Waals surface area contributed by atoms with Crippen molar-refractivity contribution in [2.45, 2.75) is 44.4 Å². The van der Waals surface area contributed by atoms with Crippen molar-refractivity contribution in [1.29, 1.82) is 0 Å². The molecule has 2 aromatic heterocycles. The second-order valence-corrected chi connectivity index (χ2v) is 9.17. The van der Waals surface area contributed by atoms with Crippen molar-refractivity contribution < 1.29 is 34.4 Å². The molecule has 0 aliphatic carbocycles. The zero-order valence-electron chi connectivity index (χ0n) is 19.7. The molecule has 1 fully saturated rings. The largest absolute Gasteiger partial charge is 0.394 e. The molecule has 37 heavy (non-hydrogen) atoms. The van der Waals surface area contributed by atoms with Gasteiger partial charge in [0.15, 0.2) is 17.4 Å². The third-order valence-electron chi connectivity index (χ3n) is 6.47.